The fourth-order valence-electron chi connectivity index (χ4n) is 5.13. The summed E-state index contributed by atoms with van der Waals surface area (Å²) in [5.74, 6) is -1.05. The number of thiazole rings is 1. The average molecular weight is 633 g/mol. The molecule has 1 atom stereocenters. The van der Waals surface area contributed by atoms with Gasteiger partial charge in [0.25, 0.3) is 5.91 Å². The lowest BCUT2D eigenvalue weighted by Gasteiger charge is -2.38. The number of ether oxygens (including phenoxy) is 2. The summed E-state index contributed by atoms with van der Waals surface area (Å²) < 4.78 is 55.7. The van der Waals surface area contributed by atoms with Gasteiger partial charge in [0.1, 0.15) is 27.6 Å². The van der Waals surface area contributed by atoms with Gasteiger partial charge in [0.05, 0.1) is 29.9 Å². The SMILES string of the molecule is CC(C)(C)OC(=O)NC[C@@H]1CCCN(c2c(NC(=O)c3csc(-c4ccnnc4)n3)ccc(OC3CCC3)c2C(F)(F)F)C1. The molecule has 0 radical (unpaired) electrons. The zero-order valence-corrected chi connectivity index (χ0v) is 25.6. The minimum absolute atomic E-state index is 0.00386. The predicted octanol–water partition coefficient (Wildman–Crippen LogP) is 6.54. The Kier molecular flexibility index (Phi) is 9.28. The molecule has 10 nitrogen and oxygen atoms in total. The van der Waals surface area contributed by atoms with E-state index in [0.29, 0.717) is 42.8 Å². The molecule has 2 fully saturated rings. The number of nitrogens with zero attached hydrogens (tertiary/aromatic N) is 4. The van der Waals surface area contributed by atoms with Crippen LogP contribution in [0.2, 0.25) is 0 Å². The standard InChI is InChI=1S/C30H35F3N6O4S/c1-29(2,3)43-28(41)34-14-18-6-5-13-39(16-18)25-21(9-10-23(24(25)30(31,32)33)42-20-7-4-8-20)37-26(40)22-17-44-27(38-22)19-11-12-35-36-15-19/h9-12,15,17-18,20H,4-8,13-14,16H2,1-3H3,(H,34,41)(H,37,40)/t18-/m0/s1. The molecule has 1 aliphatic heterocycles. The highest BCUT2D eigenvalue weighted by Gasteiger charge is 2.42. The second-order valence-electron chi connectivity index (χ2n) is 12.0. The molecule has 1 saturated heterocycles. The Bertz CT molecular complexity index is 1470. The Balaban J connectivity index is 1.44. The van der Waals surface area contributed by atoms with E-state index in [0.717, 1.165) is 6.42 Å². The van der Waals surface area contributed by atoms with E-state index < -0.39 is 29.3 Å². The smallest absolute Gasteiger partial charge is 0.422 e. The van der Waals surface area contributed by atoms with Gasteiger partial charge in [0.2, 0.25) is 0 Å². The molecule has 236 valence electrons. The lowest BCUT2D eigenvalue weighted by Crippen LogP contribution is -2.43. The highest BCUT2D eigenvalue weighted by Crippen LogP contribution is 2.48. The monoisotopic (exact) mass is 632 g/mol. The summed E-state index contributed by atoms with van der Waals surface area (Å²) in [5, 5.41) is 15.1. The third-order valence-corrected chi connectivity index (χ3v) is 8.25. The Labute approximate surface area is 257 Å². The number of nitrogens with one attached hydrogen (secondary N) is 2. The molecule has 1 aliphatic carbocycles. The molecule has 44 heavy (non-hydrogen) atoms. The Morgan fingerprint density at radius 2 is 1.89 bits per heavy atom. The summed E-state index contributed by atoms with van der Waals surface area (Å²) >= 11 is 1.22. The number of hydrogen-bond acceptors (Lipinski definition) is 9. The second kappa shape index (κ2) is 13.0. The Hall–Kier alpha value is -3.94. The van der Waals surface area contributed by atoms with Crippen molar-refractivity contribution in [2.75, 3.05) is 29.9 Å². The molecule has 5 rings (SSSR count). The third-order valence-electron chi connectivity index (χ3n) is 7.35. The van der Waals surface area contributed by atoms with E-state index in [4.69, 9.17) is 9.47 Å². The number of carbonyl (C=O) groups excluding carboxylic acids is 2. The molecule has 2 N–H and O–H groups in total. The van der Waals surface area contributed by atoms with Crippen molar-refractivity contribution in [2.45, 2.75) is 70.8 Å². The number of amides is 2. The second-order valence-corrected chi connectivity index (χ2v) is 12.8. The van der Waals surface area contributed by atoms with Crippen molar-refractivity contribution in [3.8, 4) is 16.3 Å². The highest BCUT2D eigenvalue weighted by molar-refractivity contribution is 7.13. The van der Waals surface area contributed by atoms with Gasteiger partial charge < -0.3 is 25.0 Å². The first kappa shape index (κ1) is 31.5. The van der Waals surface area contributed by atoms with Crippen LogP contribution in [0.5, 0.6) is 5.75 Å². The lowest BCUT2D eigenvalue weighted by molar-refractivity contribution is -0.139. The summed E-state index contributed by atoms with van der Waals surface area (Å²) in [7, 11) is 0. The number of carbonyl (C=O) groups is 2. The predicted molar refractivity (Wildman–Crippen MR) is 160 cm³/mol. The molecular weight excluding hydrogens is 597 g/mol. The molecule has 2 aromatic heterocycles. The van der Waals surface area contributed by atoms with Crippen molar-refractivity contribution in [3.63, 3.8) is 0 Å². The van der Waals surface area contributed by atoms with Crippen LogP contribution in [0.4, 0.5) is 29.3 Å². The summed E-state index contributed by atoms with van der Waals surface area (Å²) in [6.45, 7) is 6.06. The van der Waals surface area contributed by atoms with Gasteiger partial charge in [-0.15, -0.1) is 11.3 Å². The lowest BCUT2D eigenvalue weighted by atomic mass is 9.95. The number of hydrogen-bond donors (Lipinski definition) is 2. The molecule has 0 bridgehead atoms. The number of rotatable bonds is 8. The van der Waals surface area contributed by atoms with Crippen molar-refractivity contribution >= 4 is 34.7 Å². The number of benzene rings is 1. The first-order valence-corrected chi connectivity index (χ1v) is 15.4. The van der Waals surface area contributed by atoms with Crippen molar-refractivity contribution in [3.05, 3.63) is 47.2 Å². The molecule has 3 aromatic rings. The molecular formula is C30H35F3N6O4S. The number of piperidine rings is 1. The van der Waals surface area contributed by atoms with Gasteiger partial charge in [-0.3, -0.25) is 4.79 Å². The molecule has 3 heterocycles. The van der Waals surface area contributed by atoms with Crippen LogP contribution >= 0.6 is 11.3 Å². The highest BCUT2D eigenvalue weighted by atomic mass is 32.1. The molecule has 14 heteroatoms. The van der Waals surface area contributed by atoms with E-state index in [1.54, 1.807) is 37.1 Å². The van der Waals surface area contributed by atoms with Gasteiger partial charge in [0, 0.05) is 30.6 Å². The van der Waals surface area contributed by atoms with Crippen LogP contribution in [-0.4, -0.2) is 58.5 Å². The van der Waals surface area contributed by atoms with Gasteiger partial charge in [-0.25, -0.2) is 9.78 Å². The van der Waals surface area contributed by atoms with E-state index in [9.17, 15) is 22.8 Å². The number of halogens is 3. The summed E-state index contributed by atoms with van der Waals surface area (Å²) in [6, 6.07) is 4.44. The molecule has 0 unspecified atom stereocenters. The number of alkyl carbamates (subject to hydrolysis) is 1. The minimum atomic E-state index is -4.76. The van der Waals surface area contributed by atoms with E-state index in [1.807, 2.05) is 0 Å². The van der Waals surface area contributed by atoms with Crippen molar-refractivity contribution < 1.29 is 32.2 Å². The first-order chi connectivity index (χ1) is 20.9. The summed E-state index contributed by atoms with van der Waals surface area (Å²) in [6.07, 6.45) is 0.956. The van der Waals surface area contributed by atoms with Gasteiger partial charge in [0.15, 0.2) is 0 Å². The topological polar surface area (TPSA) is 119 Å². The fraction of sp³-hybridized carbons (Fsp3) is 0.500. The maximum Gasteiger partial charge on any atom is 0.422 e. The quantitative estimate of drug-likeness (QED) is 0.287. The molecule has 0 spiro atoms. The van der Waals surface area contributed by atoms with E-state index in [1.165, 1.54) is 35.9 Å². The molecule has 2 amide bonds. The maximum absolute atomic E-state index is 14.9. The summed E-state index contributed by atoms with van der Waals surface area (Å²) in [4.78, 5) is 31.6. The van der Waals surface area contributed by atoms with E-state index >= 15 is 0 Å². The van der Waals surface area contributed by atoms with Crippen LogP contribution in [0, 0.1) is 5.92 Å². The largest absolute Gasteiger partial charge is 0.490 e. The third kappa shape index (κ3) is 7.76. The fourth-order valence-corrected chi connectivity index (χ4v) is 5.92. The van der Waals surface area contributed by atoms with Crippen LogP contribution < -0.4 is 20.3 Å². The van der Waals surface area contributed by atoms with Crippen molar-refractivity contribution in [1.29, 1.82) is 0 Å². The molecule has 2 aliphatic rings. The molecule has 1 aromatic carbocycles. The number of alkyl halides is 3. The summed E-state index contributed by atoms with van der Waals surface area (Å²) in [5.41, 5.74) is -1.02. The van der Waals surface area contributed by atoms with Crippen LogP contribution in [0.1, 0.15) is 68.9 Å². The van der Waals surface area contributed by atoms with E-state index in [2.05, 4.69) is 25.8 Å². The minimum Gasteiger partial charge on any atom is -0.490 e. The Morgan fingerprint density at radius 1 is 1.09 bits per heavy atom. The van der Waals surface area contributed by atoms with Crippen LogP contribution in [0.15, 0.2) is 36.0 Å². The first-order valence-electron chi connectivity index (χ1n) is 14.5. The normalized spacial score (nSPS) is 17.5. The van der Waals surface area contributed by atoms with Gasteiger partial charge in [-0.2, -0.15) is 23.4 Å². The van der Waals surface area contributed by atoms with E-state index in [-0.39, 0.29) is 47.9 Å². The maximum atomic E-state index is 14.9. The zero-order valence-electron chi connectivity index (χ0n) is 24.7. The molecule has 1 saturated carbocycles. The number of aromatic nitrogens is 3. The van der Waals surface area contributed by atoms with Crippen LogP contribution in [-0.2, 0) is 10.9 Å². The van der Waals surface area contributed by atoms with Gasteiger partial charge in [-0.05, 0) is 77.0 Å². The van der Waals surface area contributed by atoms with Crippen LogP contribution in [0.3, 0.4) is 0 Å². The Morgan fingerprint density at radius 3 is 2.55 bits per heavy atom. The van der Waals surface area contributed by atoms with Crippen molar-refractivity contribution in [2.24, 2.45) is 5.92 Å². The van der Waals surface area contributed by atoms with Crippen molar-refractivity contribution in [1.82, 2.24) is 20.5 Å². The van der Waals surface area contributed by atoms with Gasteiger partial charge >= 0.3 is 12.3 Å². The van der Waals surface area contributed by atoms with Crippen LogP contribution in [0.25, 0.3) is 10.6 Å². The average Bonchev–Trinajstić information content (AvgIpc) is 3.44. The number of anilines is 2. The van der Waals surface area contributed by atoms with Gasteiger partial charge in [-0.1, -0.05) is 0 Å². The zero-order chi connectivity index (χ0) is 31.5.